The molecule has 56 valence electrons. The molecule has 1 heterocycles. The average Bonchev–Trinajstić information content (AvgIpc) is 2.00. The highest BCUT2D eigenvalue weighted by Gasteiger charge is 1.86. The SMILES string of the molecule is CC.Oc1cnc(Br)nc1. The van der Waals surface area contributed by atoms with Gasteiger partial charge in [0.05, 0.1) is 12.4 Å². The van der Waals surface area contributed by atoms with Crippen molar-refractivity contribution in [1.29, 1.82) is 0 Å². The fraction of sp³-hybridized carbons (Fsp3) is 0.333. The highest BCUT2D eigenvalue weighted by Crippen LogP contribution is 2.05. The van der Waals surface area contributed by atoms with Gasteiger partial charge in [-0.1, -0.05) is 13.8 Å². The zero-order valence-electron chi connectivity index (χ0n) is 5.87. The molecule has 4 heteroatoms. The minimum atomic E-state index is 0.0770. The van der Waals surface area contributed by atoms with Crippen molar-refractivity contribution in [1.82, 2.24) is 9.97 Å². The largest absolute Gasteiger partial charge is 0.505 e. The normalized spacial score (nSPS) is 7.90. The van der Waals surface area contributed by atoms with Crippen LogP contribution in [0.15, 0.2) is 17.1 Å². The molecule has 1 N–H and O–H groups in total. The summed E-state index contributed by atoms with van der Waals surface area (Å²) in [4.78, 5) is 7.27. The highest BCUT2D eigenvalue weighted by atomic mass is 79.9. The summed E-state index contributed by atoms with van der Waals surface area (Å²) < 4.78 is 0.482. The molecule has 1 aromatic heterocycles. The molecule has 1 aromatic rings. The molecule has 0 aromatic carbocycles. The molecule has 0 aliphatic rings. The van der Waals surface area contributed by atoms with Crippen molar-refractivity contribution in [3.63, 3.8) is 0 Å². The quantitative estimate of drug-likeness (QED) is 0.658. The second-order valence-corrected chi connectivity index (χ2v) is 1.92. The van der Waals surface area contributed by atoms with Crippen LogP contribution in [-0.4, -0.2) is 15.1 Å². The molecule has 0 bridgehead atoms. The fourth-order valence-electron chi connectivity index (χ4n) is 0.305. The third-order valence-electron chi connectivity index (χ3n) is 0.607. The number of hydrogen-bond donors (Lipinski definition) is 1. The van der Waals surface area contributed by atoms with E-state index >= 15 is 0 Å². The summed E-state index contributed by atoms with van der Waals surface area (Å²) in [6.07, 6.45) is 2.63. The average molecular weight is 205 g/mol. The van der Waals surface area contributed by atoms with E-state index in [9.17, 15) is 0 Å². The lowest BCUT2D eigenvalue weighted by Gasteiger charge is -1.86. The minimum Gasteiger partial charge on any atom is -0.505 e. The summed E-state index contributed by atoms with van der Waals surface area (Å²) in [5, 5.41) is 8.61. The van der Waals surface area contributed by atoms with Crippen LogP contribution >= 0.6 is 15.9 Å². The van der Waals surface area contributed by atoms with Gasteiger partial charge in [-0.25, -0.2) is 9.97 Å². The topological polar surface area (TPSA) is 46.0 Å². The van der Waals surface area contributed by atoms with Gasteiger partial charge in [-0.15, -0.1) is 0 Å². The molecule has 0 saturated carbocycles. The van der Waals surface area contributed by atoms with Crippen LogP contribution < -0.4 is 0 Å². The van der Waals surface area contributed by atoms with E-state index in [2.05, 4.69) is 25.9 Å². The maximum atomic E-state index is 8.61. The van der Waals surface area contributed by atoms with Crippen LogP contribution in [0.5, 0.6) is 5.75 Å². The first-order chi connectivity index (χ1) is 4.79. The number of halogens is 1. The van der Waals surface area contributed by atoms with Gasteiger partial charge in [-0.2, -0.15) is 0 Å². The number of hydrogen-bond acceptors (Lipinski definition) is 3. The van der Waals surface area contributed by atoms with Crippen molar-refractivity contribution in [3.05, 3.63) is 17.1 Å². The molecule has 0 fully saturated rings. The van der Waals surface area contributed by atoms with Gasteiger partial charge >= 0.3 is 0 Å². The van der Waals surface area contributed by atoms with E-state index in [0.717, 1.165) is 0 Å². The molecule has 0 saturated heterocycles. The van der Waals surface area contributed by atoms with Crippen molar-refractivity contribution in [2.45, 2.75) is 13.8 Å². The molecule has 0 radical (unpaired) electrons. The molecule has 10 heavy (non-hydrogen) atoms. The Balaban J connectivity index is 0.000000371. The van der Waals surface area contributed by atoms with Crippen molar-refractivity contribution in [3.8, 4) is 5.75 Å². The van der Waals surface area contributed by atoms with Crippen LogP contribution in [0, 0.1) is 0 Å². The third kappa shape index (κ3) is 3.40. The van der Waals surface area contributed by atoms with Crippen molar-refractivity contribution in [2.75, 3.05) is 0 Å². The number of nitrogens with zero attached hydrogens (tertiary/aromatic N) is 2. The van der Waals surface area contributed by atoms with Gasteiger partial charge in [-0.3, -0.25) is 0 Å². The van der Waals surface area contributed by atoms with E-state index in [-0.39, 0.29) is 5.75 Å². The molecule has 0 unspecified atom stereocenters. The van der Waals surface area contributed by atoms with Crippen LogP contribution in [0.2, 0.25) is 0 Å². The molecule has 0 aliphatic heterocycles. The van der Waals surface area contributed by atoms with Gasteiger partial charge in [0.2, 0.25) is 0 Å². The lowest BCUT2D eigenvalue weighted by Crippen LogP contribution is -1.77. The van der Waals surface area contributed by atoms with Gasteiger partial charge in [0.1, 0.15) is 0 Å². The minimum absolute atomic E-state index is 0.0770. The van der Waals surface area contributed by atoms with Gasteiger partial charge in [0.25, 0.3) is 0 Å². The molecule has 0 atom stereocenters. The molecule has 0 spiro atoms. The van der Waals surface area contributed by atoms with Crippen LogP contribution in [0.4, 0.5) is 0 Å². The summed E-state index contributed by atoms with van der Waals surface area (Å²) in [6, 6.07) is 0. The first-order valence-corrected chi connectivity index (χ1v) is 3.75. The Morgan fingerprint density at radius 2 is 1.70 bits per heavy atom. The maximum absolute atomic E-state index is 8.61. The Morgan fingerprint density at radius 3 is 2.00 bits per heavy atom. The molecule has 3 nitrogen and oxygen atoms in total. The van der Waals surface area contributed by atoms with Crippen LogP contribution in [0.3, 0.4) is 0 Å². The van der Waals surface area contributed by atoms with Gasteiger partial charge in [-0.05, 0) is 15.9 Å². The van der Waals surface area contributed by atoms with E-state index in [0.29, 0.717) is 4.73 Å². The van der Waals surface area contributed by atoms with Crippen LogP contribution in [-0.2, 0) is 0 Å². The number of aromatic nitrogens is 2. The molecule has 0 amide bonds. The van der Waals surface area contributed by atoms with Crippen molar-refractivity contribution >= 4 is 15.9 Å². The Labute approximate surface area is 68.3 Å². The van der Waals surface area contributed by atoms with Crippen molar-refractivity contribution < 1.29 is 5.11 Å². The summed E-state index contributed by atoms with van der Waals surface area (Å²) in [5.41, 5.74) is 0. The highest BCUT2D eigenvalue weighted by molar-refractivity contribution is 9.10. The standard InChI is InChI=1S/C4H3BrN2O.C2H6/c5-4-6-1-3(8)2-7-4;1-2/h1-2,8H;1-2H3. The van der Waals surface area contributed by atoms with E-state index in [1.54, 1.807) is 0 Å². The Morgan fingerprint density at radius 1 is 1.30 bits per heavy atom. The van der Waals surface area contributed by atoms with Gasteiger partial charge in [0, 0.05) is 0 Å². The van der Waals surface area contributed by atoms with Crippen molar-refractivity contribution in [2.24, 2.45) is 0 Å². The van der Waals surface area contributed by atoms with E-state index in [1.165, 1.54) is 12.4 Å². The van der Waals surface area contributed by atoms with Crippen LogP contribution in [0.1, 0.15) is 13.8 Å². The second kappa shape index (κ2) is 5.17. The molecular weight excluding hydrogens is 196 g/mol. The first kappa shape index (κ1) is 9.36. The van der Waals surface area contributed by atoms with Crippen LogP contribution in [0.25, 0.3) is 0 Å². The zero-order chi connectivity index (χ0) is 7.98. The Kier molecular flexibility index (Phi) is 4.84. The number of aromatic hydroxyl groups is 1. The maximum Gasteiger partial charge on any atom is 0.196 e. The van der Waals surface area contributed by atoms with E-state index in [4.69, 9.17) is 5.11 Å². The van der Waals surface area contributed by atoms with E-state index < -0.39 is 0 Å². The Hall–Kier alpha value is -0.640. The van der Waals surface area contributed by atoms with Gasteiger partial charge < -0.3 is 5.11 Å². The predicted octanol–water partition coefficient (Wildman–Crippen LogP) is 1.97. The van der Waals surface area contributed by atoms with Gasteiger partial charge in [0.15, 0.2) is 10.5 Å². The lowest BCUT2D eigenvalue weighted by molar-refractivity contribution is 0.469. The summed E-state index contributed by atoms with van der Waals surface area (Å²) in [5.74, 6) is 0.0770. The monoisotopic (exact) mass is 204 g/mol. The Bertz CT molecular complexity index is 155. The second-order valence-electron chi connectivity index (χ2n) is 1.21. The van der Waals surface area contributed by atoms with E-state index in [1.807, 2.05) is 13.8 Å². The third-order valence-corrected chi connectivity index (χ3v) is 1.02. The summed E-state index contributed by atoms with van der Waals surface area (Å²) >= 11 is 3.01. The summed E-state index contributed by atoms with van der Waals surface area (Å²) in [6.45, 7) is 4.00. The predicted molar refractivity (Wildman–Crippen MR) is 42.7 cm³/mol. The molecule has 0 aliphatic carbocycles. The lowest BCUT2D eigenvalue weighted by atomic mass is 10.6. The molecular formula is C6H9BrN2O. The first-order valence-electron chi connectivity index (χ1n) is 2.95. The summed E-state index contributed by atoms with van der Waals surface area (Å²) in [7, 11) is 0. The smallest absolute Gasteiger partial charge is 0.196 e. The number of rotatable bonds is 0. The zero-order valence-corrected chi connectivity index (χ0v) is 7.46. The molecule has 1 rings (SSSR count). The fourth-order valence-corrected chi connectivity index (χ4v) is 0.510.